The summed E-state index contributed by atoms with van der Waals surface area (Å²) in [7, 11) is 0. The number of amides is 7. The van der Waals surface area contributed by atoms with Gasteiger partial charge in [-0.2, -0.15) is 0 Å². The average molecular weight is 583 g/mol. The topological polar surface area (TPSA) is 282 Å². The number of nitrogens with two attached hydrogens (primary N) is 3. The van der Waals surface area contributed by atoms with Crippen LogP contribution in [0.1, 0.15) is 59.3 Å². The normalized spacial score (nSPS) is 25.7. The first kappa shape index (κ1) is 34.6. The Kier molecular flexibility index (Phi) is 14.6. The lowest BCUT2D eigenvalue weighted by Crippen LogP contribution is -2.58. The fraction of sp³-hybridized carbons (Fsp3) is 0.667. The van der Waals surface area contributed by atoms with Gasteiger partial charge >= 0.3 is 0 Å². The maximum atomic E-state index is 13.1. The van der Waals surface area contributed by atoms with E-state index in [4.69, 9.17) is 17.2 Å². The molecule has 17 nitrogen and oxygen atoms in total. The smallest absolute Gasteiger partial charge is 0.243 e. The Morgan fingerprint density at radius 1 is 0.878 bits per heavy atom. The first-order chi connectivity index (χ1) is 19.2. The van der Waals surface area contributed by atoms with Crippen LogP contribution in [0.25, 0.3) is 0 Å². The number of nitrogens with one attached hydrogen (secondary N) is 6. The minimum Gasteiger partial charge on any atom is -0.370 e. The van der Waals surface area contributed by atoms with Crippen LogP contribution in [-0.2, 0) is 33.6 Å². The van der Waals surface area contributed by atoms with Crippen LogP contribution in [0, 0.1) is 0 Å². The van der Waals surface area contributed by atoms with E-state index in [2.05, 4.69) is 36.9 Å². The summed E-state index contributed by atoms with van der Waals surface area (Å²) in [5.74, 6) is -4.90. The standard InChI is InChI=1S/C24H42N10O7/c1-12-20(38)33-16(8-6-10-29-24(26)27)23(41)31-13(2)21(39)34-17(19(25)37)11-18(36)28-9-5-4-7-15(22(40)30-12)32-14(3)35/h12-13,15-17H,4-11H2,1-3H3,(H2,25,37)(H,28,36)(H,30,40)(H,31,41)(H,32,35)(H,33,38)(H,34,39)(H4,26,27,29)/t12-,13-,15-,16?,17-/m0/s1. The van der Waals surface area contributed by atoms with E-state index in [1.165, 1.54) is 20.8 Å². The lowest BCUT2D eigenvalue weighted by molar-refractivity contribution is -0.135. The van der Waals surface area contributed by atoms with Crippen molar-refractivity contribution in [2.75, 3.05) is 13.1 Å². The molecule has 1 fully saturated rings. The van der Waals surface area contributed by atoms with Gasteiger partial charge in [0.25, 0.3) is 0 Å². The summed E-state index contributed by atoms with van der Waals surface area (Å²) in [6.45, 7) is 4.36. The summed E-state index contributed by atoms with van der Waals surface area (Å²) < 4.78 is 0. The minimum atomic E-state index is -1.34. The maximum absolute atomic E-state index is 13.1. The summed E-state index contributed by atoms with van der Waals surface area (Å²) in [5.41, 5.74) is 16.0. The molecule has 1 rings (SSSR count). The second-order valence-electron chi connectivity index (χ2n) is 9.74. The summed E-state index contributed by atoms with van der Waals surface area (Å²) in [6, 6.07) is -5.70. The number of carbonyl (C=O) groups excluding carboxylic acids is 7. The highest BCUT2D eigenvalue weighted by Crippen LogP contribution is 2.05. The highest BCUT2D eigenvalue weighted by atomic mass is 16.2. The molecule has 1 aliphatic rings. The Hall–Kier alpha value is -4.44. The lowest BCUT2D eigenvalue weighted by atomic mass is 10.1. The Labute approximate surface area is 237 Å². The molecular formula is C24H42N10O7. The zero-order valence-electron chi connectivity index (χ0n) is 23.6. The van der Waals surface area contributed by atoms with Gasteiger partial charge in [0.05, 0.1) is 6.42 Å². The van der Waals surface area contributed by atoms with Crippen molar-refractivity contribution in [1.29, 1.82) is 0 Å². The number of aliphatic imine (C=N–C) groups is 1. The van der Waals surface area contributed by atoms with E-state index < -0.39 is 78.0 Å². The zero-order chi connectivity index (χ0) is 31.1. The predicted molar refractivity (Wildman–Crippen MR) is 147 cm³/mol. The van der Waals surface area contributed by atoms with E-state index >= 15 is 0 Å². The van der Waals surface area contributed by atoms with Gasteiger partial charge in [-0.1, -0.05) is 0 Å². The van der Waals surface area contributed by atoms with Crippen molar-refractivity contribution in [2.45, 2.75) is 89.5 Å². The first-order valence-electron chi connectivity index (χ1n) is 13.3. The van der Waals surface area contributed by atoms with Crippen LogP contribution in [0.4, 0.5) is 0 Å². The molecule has 0 aromatic rings. The van der Waals surface area contributed by atoms with Gasteiger partial charge in [0.15, 0.2) is 5.96 Å². The van der Waals surface area contributed by atoms with Gasteiger partial charge in [-0.3, -0.25) is 38.6 Å². The van der Waals surface area contributed by atoms with Gasteiger partial charge in [-0.05, 0) is 46.0 Å². The molecule has 1 unspecified atom stereocenters. The first-order valence-corrected chi connectivity index (χ1v) is 13.3. The Bertz CT molecular complexity index is 1010. The van der Waals surface area contributed by atoms with E-state index in [9.17, 15) is 33.6 Å². The Morgan fingerprint density at radius 3 is 2.07 bits per heavy atom. The third-order valence-electron chi connectivity index (χ3n) is 6.07. The quantitative estimate of drug-likeness (QED) is 0.0830. The second kappa shape index (κ2) is 17.3. The number of primary amides is 1. The summed E-state index contributed by atoms with van der Waals surface area (Å²) in [6.07, 6.45) is 0.987. The molecule has 1 saturated heterocycles. The van der Waals surface area contributed by atoms with Gasteiger partial charge in [0.1, 0.15) is 30.2 Å². The molecule has 0 aliphatic carbocycles. The summed E-state index contributed by atoms with van der Waals surface area (Å²) in [5, 5.41) is 15.0. The van der Waals surface area contributed by atoms with Crippen LogP contribution in [0.15, 0.2) is 4.99 Å². The number of guanidine groups is 1. The largest absolute Gasteiger partial charge is 0.370 e. The van der Waals surface area contributed by atoms with E-state index in [-0.39, 0.29) is 38.3 Å². The van der Waals surface area contributed by atoms with Crippen molar-refractivity contribution >= 4 is 47.3 Å². The molecule has 7 amide bonds. The Balaban J connectivity index is 3.20. The molecule has 1 heterocycles. The van der Waals surface area contributed by atoms with Crippen LogP contribution in [-0.4, -0.2) is 90.6 Å². The third-order valence-corrected chi connectivity index (χ3v) is 6.07. The highest BCUT2D eigenvalue weighted by molar-refractivity contribution is 5.96. The SMILES string of the molecule is CC(=O)N[C@H]1CCCCNC(=O)C[C@@H](C(N)=O)NC(=O)[C@H](C)NC(=O)C(CCCN=C(N)N)NC(=O)[C@H](C)NC1=O. The van der Waals surface area contributed by atoms with Crippen molar-refractivity contribution in [3.05, 3.63) is 0 Å². The second-order valence-corrected chi connectivity index (χ2v) is 9.74. The van der Waals surface area contributed by atoms with Crippen LogP contribution in [0.5, 0.6) is 0 Å². The predicted octanol–water partition coefficient (Wildman–Crippen LogP) is -4.30. The number of rotatable bonds is 6. The zero-order valence-corrected chi connectivity index (χ0v) is 23.6. The molecular weight excluding hydrogens is 540 g/mol. The average Bonchev–Trinajstić information content (AvgIpc) is 2.87. The van der Waals surface area contributed by atoms with Crippen molar-refractivity contribution in [3.8, 4) is 0 Å². The van der Waals surface area contributed by atoms with Crippen molar-refractivity contribution in [2.24, 2.45) is 22.2 Å². The maximum Gasteiger partial charge on any atom is 0.243 e. The molecule has 12 N–H and O–H groups in total. The molecule has 17 heteroatoms. The number of hydrogen-bond donors (Lipinski definition) is 9. The Morgan fingerprint density at radius 2 is 1.49 bits per heavy atom. The molecule has 0 saturated carbocycles. The van der Waals surface area contributed by atoms with Crippen molar-refractivity contribution in [3.63, 3.8) is 0 Å². The minimum absolute atomic E-state index is 0.0714. The monoisotopic (exact) mass is 582 g/mol. The fourth-order valence-corrected chi connectivity index (χ4v) is 3.82. The fourth-order valence-electron chi connectivity index (χ4n) is 3.82. The number of nitrogens with zero attached hydrogens (tertiary/aromatic N) is 1. The molecule has 41 heavy (non-hydrogen) atoms. The van der Waals surface area contributed by atoms with Gasteiger partial charge in [-0.25, -0.2) is 0 Å². The number of hydrogen-bond acceptors (Lipinski definition) is 8. The van der Waals surface area contributed by atoms with Crippen molar-refractivity contribution < 1.29 is 33.6 Å². The molecule has 230 valence electrons. The molecule has 0 bridgehead atoms. The van der Waals surface area contributed by atoms with Crippen LogP contribution >= 0.6 is 0 Å². The molecule has 5 atom stereocenters. The molecule has 0 aromatic carbocycles. The molecule has 0 spiro atoms. The molecule has 0 aromatic heterocycles. The summed E-state index contributed by atoms with van der Waals surface area (Å²) >= 11 is 0. The van der Waals surface area contributed by atoms with E-state index in [1.54, 1.807) is 0 Å². The lowest BCUT2D eigenvalue weighted by Gasteiger charge is -2.25. The number of carbonyl (C=O) groups is 7. The van der Waals surface area contributed by atoms with Crippen LogP contribution in [0.3, 0.4) is 0 Å². The molecule has 0 radical (unpaired) electrons. The summed E-state index contributed by atoms with van der Waals surface area (Å²) in [4.78, 5) is 91.2. The van der Waals surface area contributed by atoms with Gasteiger partial charge in [-0.15, -0.1) is 0 Å². The highest BCUT2D eigenvalue weighted by Gasteiger charge is 2.30. The van der Waals surface area contributed by atoms with E-state index in [0.717, 1.165) is 0 Å². The van der Waals surface area contributed by atoms with Gasteiger partial charge in [0, 0.05) is 20.0 Å². The van der Waals surface area contributed by atoms with Crippen LogP contribution < -0.4 is 49.1 Å². The van der Waals surface area contributed by atoms with Gasteiger partial charge in [0.2, 0.25) is 41.4 Å². The van der Waals surface area contributed by atoms with Crippen LogP contribution in [0.2, 0.25) is 0 Å². The van der Waals surface area contributed by atoms with E-state index in [0.29, 0.717) is 12.8 Å². The third kappa shape index (κ3) is 13.5. The molecule has 1 aliphatic heterocycles. The van der Waals surface area contributed by atoms with E-state index in [1.807, 2.05) is 0 Å². The van der Waals surface area contributed by atoms with Crippen molar-refractivity contribution in [1.82, 2.24) is 31.9 Å². The van der Waals surface area contributed by atoms with Gasteiger partial charge < -0.3 is 49.1 Å².